The van der Waals surface area contributed by atoms with Gasteiger partial charge < -0.3 is 9.30 Å². The molecule has 0 fully saturated rings. The molecule has 0 bridgehead atoms. The van der Waals surface area contributed by atoms with Gasteiger partial charge in [0.1, 0.15) is 17.3 Å². The van der Waals surface area contributed by atoms with E-state index in [1.165, 1.54) is 49.4 Å². The summed E-state index contributed by atoms with van der Waals surface area (Å²) in [6, 6.07) is 38.2. The second kappa shape index (κ2) is 10.7. The van der Waals surface area contributed by atoms with Crippen molar-refractivity contribution in [2.45, 2.75) is 27.7 Å². The normalized spacial score (nSPS) is 11.8. The summed E-state index contributed by atoms with van der Waals surface area (Å²) in [5.41, 5.74) is 11.7. The molecule has 0 N–H and O–H groups in total. The summed E-state index contributed by atoms with van der Waals surface area (Å²) in [5.74, 6) is 2.34. The quantitative estimate of drug-likeness (QED) is 0.192. The highest BCUT2D eigenvalue weighted by atomic mass is 16.5. The maximum atomic E-state index is 6.46. The Morgan fingerprint density at radius 1 is 0.521 bits per heavy atom. The lowest BCUT2D eigenvalue weighted by molar-refractivity contribution is 0.483. The summed E-state index contributed by atoms with van der Waals surface area (Å²) in [6.07, 6.45) is 5.63. The van der Waals surface area contributed by atoms with Crippen LogP contribution in [0.3, 0.4) is 0 Å². The largest absolute Gasteiger partial charge is 0.457 e. The monoisotopic (exact) mass is 623 g/mol. The number of rotatable bonds is 5. The van der Waals surface area contributed by atoms with Crippen LogP contribution in [0.1, 0.15) is 22.3 Å². The Balaban J connectivity index is 1.23. The average molecular weight is 624 g/mol. The molecular weight excluding hydrogens is 590 g/mol. The van der Waals surface area contributed by atoms with Gasteiger partial charge in [0, 0.05) is 58.3 Å². The first-order valence-corrected chi connectivity index (χ1v) is 16.2. The van der Waals surface area contributed by atoms with E-state index in [-0.39, 0.29) is 0 Å². The fourth-order valence-corrected chi connectivity index (χ4v) is 7.47. The molecule has 9 rings (SSSR count). The minimum atomic E-state index is 0.743. The molecule has 4 heterocycles. The summed E-state index contributed by atoms with van der Waals surface area (Å²) < 4.78 is 13.0. The van der Waals surface area contributed by atoms with Crippen molar-refractivity contribution in [1.82, 2.24) is 23.9 Å². The van der Waals surface area contributed by atoms with E-state index in [0.717, 1.165) is 45.1 Å². The average Bonchev–Trinajstić information content (AvgIpc) is 3.81. The zero-order valence-electron chi connectivity index (χ0n) is 27.3. The van der Waals surface area contributed by atoms with Gasteiger partial charge in [0.15, 0.2) is 0 Å². The summed E-state index contributed by atoms with van der Waals surface area (Å²) in [7, 11) is 0. The Morgan fingerprint density at radius 2 is 1.25 bits per heavy atom. The fourth-order valence-electron chi connectivity index (χ4n) is 7.47. The number of para-hydroxylation sites is 1. The predicted molar refractivity (Wildman–Crippen MR) is 196 cm³/mol. The molecule has 0 spiro atoms. The highest BCUT2D eigenvalue weighted by Crippen LogP contribution is 2.39. The van der Waals surface area contributed by atoms with Crippen LogP contribution in [0.4, 0.5) is 0 Å². The molecule has 0 atom stereocenters. The molecule has 5 aromatic carbocycles. The Hall–Kier alpha value is -6.14. The molecule has 0 saturated carbocycles. The van der Waals surface area contributed by atoms with Crippen LogP contribution in [-0.2, 0) is 0 Å². The third kappa shape index (κ3) is 4.41. The van der Waals surface area contributed by atoms with Crippen LogP contribution >= 0.6 is 0 Å². The van der Waals surface area contributed by atoms with Gasteiger partial charge in [-0.05, 0) is 93.4 Å². The van der Waals surface area contributed by atoms with E-state index in [0.29, 0.717) is 0 Å². The van der Waals surface area contributed by atoms with Crippen molar-refractivity contribution in [3.05, 3.63) is 150 Å². The third-order valence-electron chi connectivity index (χ3n) is 9.31. The van der Waals surface area contributed by atoms with Gasteiger partial charge in [0.05, 0.1) is 33.4 Å². The van der Waals surface area contributed by atoms with Crippen LogP contribution in [0.5, 0.6) is 11.5 Å². The summed E-state index contributed by atoms with van der Waals surface area (Å²) >= 11 is 0. The van der Waals surface area contributed by atoms with Gasteiger partial charge in [-0.1, -0.05) is 47.5 Å². The molecule has 48 heavy (non-hydrogen) atoms. The van der Waals surface area contributed by atoms with Crippen LogP contribution in [0.25, 0.3) is 60.8 Å². The number of hydrogen-bond donors (Lipinski definition) is 0. The number of ether oxygens (including phenoxy) is 1. The minimum absolute atomic E-state index is 0.743. The third-order valence-corrected chi connectivity index (χ3v) is 9.31. The van der Waals surface area contributed by atoms with E-state index in [2.05, 4.69) is 115 Å². The SMILES string of the molecule is Cc1cc(C)c2c(c1)c1cc(C)cc(C)c1n2-c1ccnc(-n2c3ccccc3c3ccc(Oc4cccc(-n5cccn5)c4)cc32)c1. The van der Waals surface area contributed by atoms with Gasteiger partial charge in [-0.3, -0.25) is 4.57 Å². The van der Waals surface area contributed by atoms with Crippen LogP contribution < -0.4 is 4.74 Å². The van der Waals surface area contributed by atoms with Crippen LogP contribution in [0.2, 0.25) is 0 Å². The number of aryl methyl sites for hydroxylation is 4. The lowest BCUT2D eigenvalue weighted by atomic mass is 10.0. The van der Waals surface area contributed by atoms with E-state index in [9.17, 15) is 0 Å². The number of pyridine rings is 1. The molecule has 0 amide bonds. The van der Waals surface area contributed by atoms with E-state index in [1.54, 1.807) is 6.20 Å². The maximum absolute atomic E-state index is 6.46. The first kappa shape index (κ1) is 28.1. The van der Waals surface area contributed by atoms with Gasteiger partial charge in [-0.2, -0.15) is 5.10 Å². The number of nitrogens with zero attached hydrogens (tertiary/aromatic N) is 5. The van der Waals surface area contributed by atoms with Crippen molar-refractivity contribution >= 4 is 43.6 Å². The number of hydrogen-bond acceptors (Lipinski definition) is 3. The molecule has 0 saturated heterocycles. The minimum Gasteiger partial charge on any atom is -0.457 e. The molecule has 0 aliphatic carbocycles. The second-order valence-corrected chi connectivity index (χ2v) is 12.7. The van der Waals surface area contributed by atoms with Crippen LogP contribution in [0, 0.1) is 27.7 Å². The van der Waals surface area contributed by atoms with Gasteiger partial charge in [0.2, 0.25) is 0 Å². The molecule has 0 unspecified atom stereocenters. The van der Waals surface area contributed by atoms with E-state index >= 15 is 0 Å². The number of aromatic nitrogens is 5. The smallest absolute Gasteiger partial charge is 0.139 e. The first-order valence-electron chi connectivity index (χ1n) is 16.2. The Kier molecular flexibility index (Phi) is 6.27. The lowest BCUT2D eigenvalue weighted by Gasteiger charge is -2.14. The van der Waals surface area contributed by atoms with Crippen molar-refractivity contribution in [2.75, 3.05) is 0 Å². The van der Waals surface area contributed by atoms with Crippen molar-refractivity contribution in [3.8, 4) is 28.7 Å². The molecule has 9 aromatic rings. The predicted octanol–water partition coefficient (Wildman–Crippen LogP) is 10.5. The van der Waals surface area contributed by atoms with Gasteiger partial charge in [-0.15, -0.1) is 0 Å². The summed E-state index contributed by atoms with van der Waals surface area (Å²) in [5, 5.41) is 9.24. The van der Waals surface area contributed by atoms with E-state index < -0.39 is 0 Å². The Morgan fingerprint density at radius 3 is 2.00 bits per heavy atom. The van der Waals surface area contributed by atoms with Crippen molar-refractivity contribution < 1.29 is 4.74 Å². The lowest BCUT2D eigenvalue weighted by Crippen LogP contribution is -2.02. The highest BCUT2D eigenvalue weighted by Gasteiger charge is 2.19. The second-order valence-electron chi connectivity index (χ2n) is 12.7. The van der Waals surface area contributed by atoms with Crippen molar-refractivity contribution in [3.63, 3.8) is 0 Å². The molecule has 232 valence electrons. The number of benzene rings is 5. The molecule has 6 nitrogen and oxygen atoms in total. The summed E-state index contributed by atoms with van der Waals surface area (Å²) in [4.78, 5) is 4.98. The van der Waals surface area contributed by atoms with Gasteiger partial charge >= 0.3 is 0 Å². The highest BCUT2D eigenvalue weighted by molar-refractivity contribution is 6.12. The first-order chi connectivity index (χ1) is 23.4. The van der Waals surface area contributed by atoms with Crippen molar-refractivity contribution in [2.24, 2.45) is 0 Å². The molecular formula is C42H33N5O. The van der Waals surface area contributed by atoms with Crippen LogP contribution in [0.15, 0.2) is 128 Å². The molecule has 4 aromatic heterocycles. The zero-order valence-corrected chi connectivity index (χ0v) is 27.3. The number of fused-ring (bicyclic) bond motifs is 6. The van der Waals surface area contributed by atoms with Gasteiger partial charge in [0.25, 0.3) is 0 Å². The Labute approximate surface area is 278 Å². The van der Waals surface area contributed by atoms with Crippen LogP contribution in [-0.4, -0.2) is 23.9 Å². The van der Waals surface area contributed by atoms with E-state index in [1.807, 2.05) is 53.5 Å². The van der Waals surface area contributed by atoms with Crippen molar-refractivity contribution in [1.29, 1.82) is 0 Å². The fraction of sp³-hybridized carbons (Fsp3) is 0.0952. The van der Waals surface area contributed by atoms with E-state index in [4.69, 9.17) is 9.72 Å². The standard InChI is InChI=1S/C42H33N5O/c1-26-19-28(3)41-36(21-26)37-22-27(2)20-29(4)42(37)46(41)31-15-17-43-40(24-31)47-38-12-6-5-11-34(38)35-14-13-33(25-39(35)47)48-32-10-7-9-30(23-32)45-18-8-16-44-45/h5-25H,1-4H3. The topological polar surface area (TPSA) is 49.8 Å². The molecule has 6 heteroatoms. The summed E-state index contributed by atoms with van der Waals surface area (Å²) in [6.45, 7) is 8.79. The molecule has 0 radical (unpaired) electrons. The van der Waals surface area contributed by atoms with Gasteiger partial charge in [-0.25, -0.2) is 9.67 Å². The Bertz CT molecular complexity index is 2630. The molecule has 0 aliphatic rings. The molecule has 0 aliphatic heterocycles. The maximum Gasteiger partial charge on any atom is 0.139 e. The zero-order chi connectivity index (χ0) is 32.5.